The predicted octanol–water partition coefficient (Wildman–Crippen LogP) is 6.05. The third kappa shape index (κ3) is 9.85. The van der Waals surface area contributed by atoms with E-state index in [1.165, 1.54) is 12.7 Å². The van der Waals surface area contributed by atoms with E-state index in [0.29, 0.717) is 27.5 Å². The topological polar surface area (TPSA) is 167 Å². The summed E-state index contributed by atoms with van der Waals surface area (Å²) in [7, 11) is 0. The fourth-order valence-corrected chi connectivity index (χ4v) is 4.27. The number of carbonyl (C=O) groups excluding carboxylic acids is 2. The first-order valence-electron chi connectivity index (χ1n) is 13.4. The number of alkyl carbamates (subject to hydrolysis) is 1. The predicted molar refractivity (Wildman–Crippen MR) is 161 cm³/mol. The Balaban J connectivity index is 1.77. The molecule has 0 radical (unpaired) electrons. The highest BCUT2D eigenvalue weighted by atomic mass is 35.5. The smallest absolute Gasteiger partial charge is 0.413 e. The highest BCUT2D eigenvalue weighted by Gasteiger charge is 2.25. The maximum absolute atomic E-state index is 12.3. The van der Waals surface area contributed by atoms with Gasteiger partial charge in [0.05, 0.1) is 29.0 Å². The quantitative estimate of drug-likeness (QED) is 0.237. The summed E-state index contributed by atoms with van der Waals surface area (Å²) in [6.45, 7) is 12.2. The summed E-state index contributed by atoms with van der Waals surface area (Å²) in [6, 6.07) is 2.09. The van der Waals surface area contributed by atoms with Crippen molar-refractivity contribution in [1.29, 1.82) is 0 Å². The summed E-state index contributed by atoms with van der Waals surface area (Å²) >= 11 is 12.9. The number of hydrogen-bond acceptors (Lipinski definition) is 9. The molecule has 2 atom stereocenters. The van der Waals surface area contributed by atoms with Gasteiger partial charge in [0.1, 0.15) is 29.3 Å². The number of anilines is 1. The Hall–Kier alpha value is -3.84. The Kier molecular flexibility index (Phi) is 10.7. The Morgan fingerprint density at radius 3 is 2.26 bits per heavy atom. The van der Waals surface area contributed by atoms with Crippen LogP contribution in [0.25, 0.3) is 11.2 Å². The first-order chi connectivity index (χ1) is 19.9. The Morgan fingerprint density at radius 1 is 0.977 bits per heavy atom. The van der Waals surface area contributed by atoms with Gasteiger partial charge in [-0.2, -0.15) is 0 Å². The first-order valence-corrected chi connectivity index (χ1v) is 14.2. The molecule has 13 nitrogen and oxygen atoms in total. The Morgan fingerprint density at radius 2 is 1.63 bits per heavy atom. The number of halogens is 2. The molecule has 234 valence electrons. The number of carbonyl (C=O) groups is 3. The molecule has 0 saturated carbocycles. The first kappa shape index (κ1) is 33.7. The van der Waals surface area contributed by atoms with Crippen LogP contribution in [0.4, 0.5) is 15.4 Å². The second kappa shape index (κ2) is 13.6. The van der Waals surface area contributed by atoms with Gasteiger partial charge in [-0.05, 0) is 73.4 Å². The van der Waals surface area contributed by atoms with Crippen LogP contribution in [0, 0.1) is 0 Å². The van der Waals surface area contributed by atoms with Crippen molar-refractivity contribution in [3.05, 3.63) is 40.4 Å². The maximum Gasteiger partial charge on any atom is 0.413 e. The molecule has 2 amide bonds. The van der Waals surface area contributed by atoms with Crippen LogP contribution >= 0.6 is 23.2 Å². The monoisotopic (exact) mass is 638 g/mol. The number of benzene rings is 1. The van der Waals surface area contributed by atoms with Gasteiger partial charge in [-0.25, -0.2) is 29.3 Å². The summed E-state index contributed by atoms with van der Waals surface area (Å²) in [5, 5.41) is 15.1. The second-order valence-corrected chi connectivity index (χ2v) is 12.6. The number of carboxylic acids is 1. The van der Waals surface area contributed by atoms with Crippen molar-refractivity contribution in [3.8, 4) is 5.75 Å². The minimum atomic E-state index is -1.19. The van der Waals surface area contributed by atoms with Crippen LogP contribution in [0.1, 0.15) is 66.9 Å². The molecule has 3 aromatic rings. The van der Waals surface area contributed by atoms with E-state index in [1.807, 2.05) is 0 Å². The summed E-state index contributed by atoms with van der Waals surface area (Å²) in [5.41, 5.74) is -0.193. The van der Waals surface area contributed by atoms with E-state index in [1.54, 1.807) is 65.2 Å². The molecule has 1 unspecified atom stereocenters. The van der Waals surface area contributed by atoms with E-state index in [-0.39, 0.29) is 30.2 Å². The van der Waals surface area contributed by atoms with Gasteiger partial charge in [-0.15, -0.1) is 0 Å². The average Bonchev–Trinajstić information content (AvgIpc) is 3.27. The molecule has 1 aromatic carbocycles. The molecule has 15 heteroatoms. The third-order valence-corrected chi connectivity index (χ3v) is 6.52. The van der Waals surface area contributed by atoms with Gasteiger partial charge < -0.3 is 29.2 Å². The second-order valence-electron chi connectivity index (χ2n) is 11.8. The summed E-state index contributed by atoms with van der Waals surface area (Å²) in [4.78, 5) is 48.9. The summed E-state index contributed by atoms with van der Waals surface area (Å²) < 4.78 is 18.3. The zero-order valence-corrected chi connectivity index (χ0v) is 26.5. The van der Waals surface area contributed by atoms with Gasteiger partial charge >= 0.3 is 18.2 Å². The van der Waals surface area contributed by atoms with Crippen molar-refractivity contribution in [2.45, 2.75) is 91.2 Å². The SMILES string of the molecule is CC(CC[C@@H](NC(=O)OC(C)(C)C)C(=O)O)Oc1ccc(Cl)c(Cl)c1Cn1cnc2c(NC(=O)OC(C)(C)C)ncnc21. The molecule has 0 spiro atoms. The standard InChI is InChI=1S/C28H36Cl2N6O7/c1-15(8-10-18(24(37)38)34-25(39)42-27(2,3)4)41-19-11-9-17(29)20(30)16(19)12-36-14-33-21-22(31-13-32-23(21)36)35-26(40)43-28(5,6)7/h9,11,13-15,18H,8,10,12H2,1-7H3,(H,34,39)(H,37,38)(H,31,32,35,40)/t15?,18-/m1/s1. The van der Waals surface area contributed by atoms with E-state index in [0.717, 1.165) is 0 Å². The molecule has 0 aliphatic rings. The molecule has 0 aliphatic carbocycles. The zero-order chi connectivity index (χ0) is 32.1. The minimum Gasteiger partial charge on any atom is -0.490 e. The molecular weight excluding hydrogens is 603 g/mol. The molecule has 43 heavy (non-hydrogen) atoms. The molecule has 0 saturated heterocycles. The van der Waals surface area contributed by atoms with E-state index in [2.05, 4.69) is 25.6 Å². The number of aromatic nitrogens is 4. The summed E-state index contributed by atoms with van der Waals surface area (Å²) in [5.74, 6) is -0.604. The lowest BCUT2D eigenvalue weighted by atomic mass is 10.1. The largest absolute Gasteiger partial charge is 0.490 e. The molecule has 3 rings (SSSR count). The maximum atomic E-state index is 12.3. The van der Waals surface area contributed by atoms with E-state index in [4.69, 9.17) is 37.4 Å². The Labute approximate surface area is 259 Å². The number of rotatable bonds is 10. The number of imidazole rings is 1. The number of nitrogens with one attached hydrogen (secondary N) is 2. The van der Waals surface area contributed by atoms with Crippen LogP contribution in [0.5, 0.6) is 5.75 Å². The molecule has 0 fully saturated rings. The number of carboxylic acid groups (broad SMARTS) is 1. The molecule has 3 N–H and O–H groups in total. The number of amides is 2. The van der Waals surface area contributed by atoms with Crippen molar-refractivity contribution < 1.29 is 33.7 Å². The number of hydrogen-bond donors (Lipinski definition) is 3. The highest BCUT2D eigenvalue weighted by molar-refractivity contribution is 6.42. The van der Waals surface area contributed by atoms with Crippen molar-refractivity contribution in [3.63, 3.8) is 0 Å². The highest BCUT2D eigenvalue weighted by Crippen LogP contribution is 2.35. The van der Waals surface area contributed by atoms with E-state index >= 15 is 0 Å². The van der Waals surface area contributed by atoms with Gasteiger partial charge in [-0.1, -0.05) is 23.2 Å². The number of ether oxygens (including phenoxy) is 3. The number of fused-ring (bicyclic) bond motifs is 1. The van der Waals surface area contributed by atoms with E-state index in [9.17, 15) is 19.5 Å². The number of aliphatic carboxylic acids is 1. The van der Waals surface area contributed by atoms with Crippen LogP contribution in [0.3, 0.4) is 0 Å². The van der Waals surface area contributed by atoms with E-state index < -0.39 is 41.5 Å². The van der Waals surface area contributed by atoms with Crippen molar-refractivity contribution >= 4 is 58.3 Å². The van der Waals surface area contributed by atoms with Gasteiger partial charge in [0.25, 0.3) is 0 Å². The third-order valence-electron chi connectivity index (χ3n) is 5.68. The average molecular weight is 640 g/mol. The molecular formula is C28H36Cl2N6O7. The fourth-order valence-electron chi connectivity index (χ4n) is 3.88. The van der Waals surface area contributed by atoms with Crippen molar-refractivity contribution in [1.82, 2.24) is 24.8 Å². The lowest BCUT2D eigenvalue weighted by Gasteiger charge is -2.23. The lowest BCUT2D eigenvalue weighted by molar-refractivity contribution is -0.139. The van der Waals surface area contributed by atoms with Crippen molar-refractivity contribution in [2.24, 2.45) is 0 Å². The number of nitrogens with zero attached hydrogens (tertiary/aromatic N) is 4. The Bertz CT molecular complexity index is 1480. The van der Waals surface area contributed by atoms with Crippen LogP contribution in [-0.4, -0.2) is 66.1 Å². The lowest BCUT2D eigenvalue weighted by Crippen LogP contribution is -2.43. The summed E-state index contributed by atoms with van der Waals surface area (Å²) in [6.07, 6.45) is 1.21. The van der Waals surface area contributed by atoms with Gasteiger partial charge in [0.15, 0.2) is 17.0 Å². The minimum absolute atomic E-state index is 0.0862. The molecule has 2 heterocycles. The van der Waals surface area contributed by atoms with Gasteiger partial charge in [0, 0.05) is 5.56 Å². The van der Waals surface area contributed by atoms with Crippen LogP contribution in [-0.2, 0) is 20.8 Å². The normalized spacial score (nSPS) is 13.2. The van der Waals surface area contributed by atoms with Crippen LogP contribution < -0.4 is 15.4 Å². The van der Waals surface area contributed by atoms with Crippen LogP contribution in [0.15, 0.2) is 24.8 Å². The fraction of sp³-hybridized carbons (Fsp3) is 0.500. The molecule has 2 aromatic heterocycles. The molecule has 0 bridgehead atoms. The molecule has 0 aliphatic heterocycles. The van der Waals surface area contributed by atoms with Gasteiger partial charge in [0.2, 0.25) is 0 Å². The zero-order valence-electron chi connectivity index (χ0n) is 25.0. The van der Waals surface area contributed by atoms with Crippen molar-refractivity contribution in [2.75, 3.05) is 5.32 Å². The van der Waals surface area contributed by atoms with Gasteiger partial charge in [-0.3, -0.25) is 5.32 Å². The van der Waals surface area contributed by atoms with Crippen LogP contribution in [0.2, 0.25) is 10.0 Å².